The summed E-state index contributed by atoms with van der Waals surface area (Å²) in [5.74, 6) is 1.24. The van der Waals surface area contributed by atoms with Crippen molar-refractivity contribution in [2.75, 3.05) is 18.6 Å². The highest BCUT2D eigenvalue weighted by atomic mass is 32.2. The van der Waals surface area contributed by atoms with Crippen molar-refractivity contribution in [2.24, 2.45) is 0 Å². The minimum absolute atomic E-state index is 0.722. The number of thioether (sulfide) groups is 1. The van der Waals surface area contributed by atoms with Crippen LogP contribution in [-0.2, 0) is 4.43 Å². The van der Waals surface area contributed by atoms with Crippen LogP contribution < -0.4 is 0 Å². The Hall–Kier alpha value is 0.527. The molecule has 0 aromatic carbocycles. The first-order valence-corrected chi connectivity index (χ1v) is 7.55. The molecule has 1 nitrogen and oxygen atoms in total. The Morgan fingerprint density at radius 2 is 2.11 bits per heavy atom. The average molecular weight is 164 g/mol. The second-order valence-electron chi connectivity index (χ2n) is 2.27. The van der Waals surface area contributed by atoms with Crippen molar-refractivity contribution in [3.63, 3.8) is 0 Å². The number of hydrogen-bond donors (Lipinski definition) is 0. The molecule has 0 unspecified atom stereocenters. The van der Waals surface area contributed by atoms with Crippen molar-refractivity contribution in [3.05, 3.63) is 0 Å². The van der Waals surface area contributed by atoms with Crippen molar-refractivity contribution < 1.29 is 4.43 Å². The largest absolute Gasteiger partial charge is 0.421 e. The third-order valence-corrected chi connectivity index (χ3v) is 2.54. The fourth-order valence-corrected chi connectivity index (χ4v) is 1.57. The van der Waals surface area contributed by atoms with Crippen LogP contribution in [0.1, 0.15) is 6.42 Å². The van der Waals surface area contributed by atoms with Crippen molar-refractivity contribution >= 4 is 20.8 Å². The van der Waals surface area contributed by atoms with E-state index in [0.717, 1.165) is 6.61 Å². The van der Waals surface area contributed by atoms with Crippen LogP contribution in [0.5, 0.6) is 0 Å². The molecular weight excluding hydrogens is 148 g/mol. The summed E-state index contributed by atoms with van der Waals surface area (Å²) in [6.07, 6.45) is 3.35. The molecule has 0 amide bonds. The first-order valence-electron chi connectivity index (χ1n) is 3.38. The molecule has 0 N–H and O–H groups in total. The molecule has 0 heterocycles. The van der Waals surface area contributed by atoms with Gasteiger partial charge in [-0.1, -0.05) is 0 Å². The highest BCUT2D eigenvalue weighted by molar-refractivity contribution is 7.98. The maximum absolute atomic E-state index is 5.47. The standard InChI is InChI=1S/C6H16OSSi/c1-8-6-4-5-7-9(2)3/h9H,4-6H2,1-3H3. The zero-order valence-corrected chi connectivity index (χ0v) is 8.49. The Morgan fingerprint density at radius 1 is 1.44 bits per heavy atom. The Labute approximate surface area is 63.9 Å². The van der Waals surface area contributed by atoms with E-state index in [1.807, 2.05) is 11.8 Å². The van der Waals surface area contributed by atoms with Gasteiger partial charge in [-0.2, -0.15) is 11.8 Å². The number of rotatable bonds is 5. The van der Waals surface area contributed by atoms with Crippen LogP contribution in [-0.4, -0.2) is 27.7 Å². The quantitative estimate of drug-likeness (QED) is 0.452. The molecule has 0 aliphatic rings. The molecule has 0 saturated heterocycles. The summed E-state index contributed by atoms with van der Waals surface area (Å²) in [5, 5.41) is 0. The van der Waals surface area contributed by atoms with Crippen LogP contribution in [0, 0.1) is 0 Å². The van der Waals surface area contributed by atoms with E-state index in [2.05, 4.69) is 19.3 Å². The minimum atomic E-state index is -0.722. The second kappa shape index (κ2) is 6.64. The van der Waals surface area contributed by atoms with Crippen LogP contribution in [0.25, 0.3) is 0 Å². The SMILES string of the molecule is CSCCCO[SiH](C)C. The maximum Gasteiger partial charge on any atom is 0.170 e. The minimum Gasteiger partial charge on any atom is -0.421 e. The van der Waals surface area contributed by atoms with Gasteiger partial charge in [0.2, 0.25) is 0 Å². The van der Waals surface area contributed by atoms with Crippen molar-refractivity contribution in [1.82, 2.24) is 0 Å². The predicted octanol–water partition coefficient (Wildman–Crippen LogP) is 1.74. The van der Waals surface area contributed by atoms with Crippen LogP contribution in [0.3, 0.4) is 0 Å². The predicted molar refractivity (Wildman–Crippen MR) is 47.8 cm³/mol. The molecule has 0 aliphatic carbocycles. The van der Waals surface area contributed by atoms with Gasteiger partial charge in [-0.25, -0.2) is 0 Å². The average Bonchev–Trinajstić information content (AvgIpc) is 1.80. The van der Waals surface area contributed by atoms with Gasteiger partial charge in [-0.05, 0) is 31.5 Å². The molecule has 3 heteroatoms. The maximum atomic E-state index is 5.47. The van der Waals surface area contributed by atoms with Gasteiger partial charge in [0.05, 0.1) is 0 Å². The molecule has 0 rings (SSSR count). The van der Waals surface area contributed by atoms with Crippen LogP contribution in [0.2, 0.25) is 13.1 Å². The molecule has 0 aliphatic heterocycles. The Morgan fingerprint density at radius 3 is 2.56 bits per heavy atom. The fourth-order valence-electron chi connectivity index (χ4n) is 0.522. The van der Waals surface area contributed by atoms with E-state index in [1.165, 1.54) is 12.2 Å². The molecule has 0 bridgehead atoms. The third-order valence-electron chi connectivity index (χ3n) is 0.944. The summed E-state index contributed by atoms with van der Waals surface area (Å²) in [7, 11) is -0.722. The lowest BCUT2D eigenvalue weighted by molar-refractivity contribution is 0.327. The van der Waals surface area contributed by atoms with E-state index in [1.54, 1.807) is 0 Å². The summed E-state index contributed by atoms with van der Waals surface area (Å²) in [4.78, 5) is 0. The smallest absolute Gasteiger partial charge is 0.170 e. The topological polar surface area (TPSA) is 9.23 Å². The lowest BCUT2D eigenvalue weighted by atomic mass is 10.5. The van der Waals surface area contributed by atoms with E-state index in [0.29, 0.717) is 0 Å². The van der Waals surface area contributed by atoms with Crippen molar-refractivity contribution in [3.8, 4) is 0 Å². The normalized spacial score (nSPS) is 10.7. The van der Waals surface area contributed by atoms with Crippen LogP contribution >= 0.6 is 11.8 Å². The van der Waals surface area contributed by atoms with Gasteiger partial charge in [0.25, 0.3) is 0 Å². The lowest BCUT2D eigenvalue weighted by Crippen LogP contribution is -2.08. The van der Waals surface area contributed by atoms with Gasteiger partial charge in [0.1, 0.15) is 0 Å². The molecule has 0 fully saturated rings. The summed E-state index contributed by atoms with van der Waals surface area (Å²) in [6.45, 7) is 5.39. The molecule has 56 valence electrons. The summed E-state index contributed by atoms with van der Waals surface area (Å²) in [5.41, 5.74) is 0. The lowest BCUT2D eigenvalue weighted by Gasteiger charge is -2.04. The monoisotopic (exact) mass is 164 g/mol. The van der Waals surface area contributed by atoms with Gasteiger partial charge in [0, 0.05) is 6.61 Å². The van der Waals surface area contributed by atoms with Gasteiger partial charge in [0.15, 0.2) is 9.04 Å². The van der Waals surface area contributed by atoms with E-state index in [-0.39, 0.29) is 0 Å². The Kier molecular flexibility index (Phi) is 7.03. The van der Waals surface area contributed by atoms with Gasteiger partial charge in [-0.3, -0.25) is 0 Å². The van der Waals surface area contributed by atoms with E-state index >= 15 is 0 Å². The Bertz CT molecular complexity index is 59.0. The van der Waals surface area contributed by atoms with E-state index < -0.39 is 9.04 Å². The summed E-state index contributed by atoms with van der Waals surface area (Å²) < 4.78 is 5.47. The molecular formula is C6H16OSSi. The highest BCUT2D eigenvalue weighted by Gasteiger charge is 1.92. The zero-order chi connectivity index (χ0) is 7.11. The van der Waals surface area contributed by atoms with Crippen molar-refractivity contribution in [1.29, 1.82) is 0 Å². The molecule has 0 saturated carbocycles. The highest BCUT2D eigenvalue weighted by Crippen LogP contribution is 1.96. The number of hydrogen-bond acceptors (Lipinski definition) is 2. The molecule has 0 aromatic rings. The summed E-state index contributed by atoms with van der Waals surface area (Å²) >= 11 is 1.89. The molecule has 0 spiro atoms. The third kappa shape index (κ3) is 8.53. The first kappa shape index (κ1) is 9.53. The molecule has 0 aromatic heterocycles. The van der Waals surface area contributed by atoms with E-state index in [4.69, 9.17) is 4.43 Å². The summed E-state index contributed by atoms with van der Waals surface area (Å²) in [6, 6.07) is 0. The molecule has 9 heavy (non-hydrogen) atoms. The molecule has 0 atom stereocenters. The van der Waals surface area contributed by atoms with Gasteiger partial charge >= 0.3 is 0 Å². The second-order valence-corrected chi connectivity index (χ2v) is 5.68. The van der Waals surface area contributed by atoms with Gasteiger partial charge in [-0.15, -0.1) is 0 Å². The Balaban J connectivity index is 2.75. The van der Waals surface area contributed by atoms with Gasteiger partial charge < -0.3 is 4.43 Å². The van der Waals surface area contributed by atoms with Crippen LogP contribution in [0.15, 0.2) is 0 Å². The first-order chi connectivity index (χ1) is 4.27. The van der Waals surface area contributed by atoms with E-state index in [9.17, 15) is 0 Å². The zero-order valence-electron chi connectivity index (χ0n) is 6.52. The van der Waals surface area contributed by atoms with Crippen molar-refractivity contribution in [2.45, 2.75) is 19.5 Å². The molecule has 0 radical (unpaired) electrons. The van der Waals surface area contributed by atoms with Crippen LogP contribution in [0.4, 0.5) is 0 Å². The fraction of sp³-hybridized carbons (Fsp3) is 1.00.